The second-order valence-electron chi connectivity index (χ2n) is 9.29. The van der Waals surface area contributed by atoms with Crippen molar-refractivity contribution in [1.82, 2.24) is 4.90 Å². The van der Waals surface area contributed by atoms with Crippen molar-refractivity contribution in [2.45, 2.75) is 33.6 Å². The molecule has 2 aromatic carbocycles. The summed E-state index contributed by atoms with van der Waals surface area (Å²) in [4.78, 5) is 30.7. The van der Waals surface area contributed by atoms with Crippen LogP contribution in [-0.4, -0.2) is 43.5 Å². The summed E-state index contributed by atoms with van der Waals surface area (Å²) in [5, 5.41) is 0. The van der Waals surface area contributed by atoms with Gasteiger partial charge < -0.3 is 14.4 Å². The summed E-state index contributed by atoms with van der Waals surface area (Å²) in [6.45, 7) is 8.55. The molecule has 0 saturated carbocycles. The number of piperidine rings is 1. The Balaban J connectivity index is 1.72. The second kappa shape index (κ2) is 9.69. The third-order valence-corrected chi connectivity index (χ3v) is 6.09. The normalized spacial score (nSPS) is 19.0. The first kappa shape index (κ1) is 22.9. The number of methoxy groups -OCH3 is 1. The van der Waals surface area contributed by atoms with E-state index in [1.807, 2.05) is 24.3 Å². The number of likely N-dealkylation sites (tertiary alicyclic amines) is 1. The average molecular weight is 449 g/mol. The van der Waals surface area contributed by atoms with Gasteiger partial charge in [0.2, 0.25) is 0 Å². The third kappa shape index (κ3) is 4.75. The van der Waals surface area contributed by atoms with Gasteiger partial charge in [-0.15, -0.1) is 0 Å². The molecule has 2 heterocycles. The SMILES string of the molecule is COc1ccc(N2C(=O)C(c3ccc(OCC(C)C)cc3)=C(N3CCCC(C)C3)C2=O)cc1. The third-order valence-electron chi connectivity index (χ3n) is 6.09. The van der Waals surface area contributed by atoms with E-state index >= 15 is 0 Å². The first-order chi connectivity index (χ1) is 15.9. The van der Waals surface area contributed by atoms with E-state index in [0.29, 0.717) is 41.1 Å². The summed E-state index contributed by atoms with van der Waals surface area (Å²) in [5.41, 5.74) is 2.23. The fourth-order valence-corrected chi connectivity index (χ4v) is 4.41. The van der Waals surface area contributed by atoms with Crippen LogP contribution in [0.5, 0.6) is 11.5 Å². The number of ether oxygens (including phenoxy) is 2. The van der Waals surface area contributed by atoms with Crippen molar-refractivity contribution in [2.24, 2.45) is 11.8 Å². The van der Waals surface area contributed by atoms with Gasteiger partial charge in [-0.1, -0.05) is 32.9 Å². The highest BCUT2D eigenvalue weighted by Gasteiger charge is 2.43. The topological polar surface area (TPSA) is 59.1 Å². The molecule has 0 aromatic heterocycles. The highest BCUT2D eigenvalue weighted by molar-refractivity contribution is 6.45. The lowest BCUT2D eigenvalue weighted by atomic mass is 9.97. The van der Waals surface area contributed by atoms with Gasteiger partial charge in [-0.2, -0.15) is 0 Å². The minimum atomic E-state index is -0.297. The minimum Gasteiger partial charge on any atom is -0.497 e. The molecule has 2 aliphatic rings. The van der Waals surface area contributed by atoms with Crippen molar-refractivity contribution < 1.29 is 19.1 Å². The molecule has 4 rings (SSSR count). The summed E-state index contributed by atoms with van der Waals surface area (Å²) in [7, 11) is 1.59. The maximum absolute atomic E-state index is 13.7. The Hall–Kier alpha value is -3.28. The summed E-state index contributed by atoms with van der Waals surface area (Å²) in [6, 6.07) is 14.5. The number of hydrogen-bond donors (Lipinski definition) is 0. The molecule has 0 aliphatic carbocycles. The van der Waals surface area contributed by atoms with E-state index in [9.17, 15) is 9.59 Å². The van der Waals surface area contributed by atoms with Crippen LogP contribution in [0, 0.1) is 11.8 Å². The Kier molecular flexibility index (Phi) is 6.72. The lowest BCUT2D eigenvalue weighted by Gasteiger charge is -2.33. The lowest BCUT2D eigenvalue weighted by molar-refractivity contribution is -0.120. The summed E-state index contributed by atoms with van der Waals surface area (Å²) in [5.74, 6) is 1.76. The van der Waals surface area contributed by atoms with Crippen LogP contribution in [0.2, 0.25) is 0 Å². The largest absolute Gasteiger partial charge is 0.497 e. The van der Waals surface area contributed by atoms with Crippen LogP contribution in [0.3, 0.4) is 0 Å². The molecule has 2 amide bonds. The Bertz CT molecular complexity index is 1040. The molecule has 6 heteroatoms. The number of nitrogens with zero attached hydrogens (tertiary/aromatic N) is 2. The predicted octanol–water partition coefficient (Wildman–Crippen LogP) is 4.75. The van der Waals surface area contributed by atoms with E-state index in [1.54, 1.807) is 31.4 Å². The molecule has 1 fully saturated rings. The fourth-order valence-electron chi connectivity index (χ4n) is 4.41. The zero-order chi connectivity index (χ0) is 23.5. The molecule has 1 unspecified atom stereocenters. The summed E-state index contributed by atoms with van der Waals surface area (Å²) >= 11 is 0. The number of rotatable bonds is 7. The van der Waals surface area contributed by atoms with Crippen LogP contribution >= 0.6 is 0 Å². The smallest absolute Gasteiger partial charge is 0.282 e. The van der Waals surface area contributed by atoms with Crippen molar-refractivity contribution in [3.05, 3.63) is 59.8 Å². The van der Waals surface area contributed by atoms with Crippen molar-refractivity contribution in [3.8, 4) is 11.5 Å². The van der Waals surface area contributed by atoms with Gasteiger partial charge in [-0.3, -0.25) is 9.59 Å². The second-order valence-corrected chi connectivity index (χ2v) is 9.29. The highest BCUT2D eigenvalue weighted by atomic mass is 16.5. The van der Waals surface area contributed by atoms with Crippen molar-refractivity contribution >= 4 is 23.1 Å². The Morgan fingerprint density at radius 3 is 2.24 bits per heavy atom. The molecular weight excluding hydrogens is 416 g/mol. The number of benzene rings is 2. The maximum Gasteiger partial charge on any atom is 0.282 e. The molecule has 174 valence electrons. The molecule has 1 saturated heterocycles. The van der Waals surface area contributed by atoms with Crippen LogP contribution in [-0.2, 0) is 9.59 Å². The van der Waals surface area contributed by atoms with Crippen LogP contribution < -0.4 is 14.4 Å². The van der Waals surface area contributed by atoms with E-state index in [2.05, 4.69) is 25.7 Å². The molecule has 0 radical (unpaired) electrons. The number of anilines is 1. The highest BCUT2D eigenvalue weighted by Crippen LogP contribution is 2.37. The minimum absolute atomic E-state index is 0.269. The van der Waals surface area contributed by atoms with E-state index in [-0.39, 0.29) is 11.8 Å². The molecule has 6 nitrogen and oxygen atoms in total. The van der Waals surface area contributed by atoms with Gasteiger partial charge >= 0.3 is 0 Å². The van der Waals surface area contributed by atoms with E-state index in [1.165, 1.54) is 4.90 Å². The quantitative estimate of drug-likeness (QED) is 0.573. The molecule has 0 N–H and O–H groups in total. The monoisotopic (exact) mass is 448 g/mol. The average Bonchev–Trinajstić information content (AvgIpc) is 3.08. The molecule has 2 aromatic rings. The number of amides is 2. The van der Waals surface area contributed by atoms with Crippen LogP contribution in [0.15, 0.2) is 54.2 Å². The van der Waals surface area contributed by atoms with Crippen molar-refractivity contribution in [1.29, 1.82) is 0 Å². The molecule has 0 spiro atoms. The molecule has 1 atom stereocenters. The van der Waals surface area contributed by atoms with E-state index < -0.39 is 0 Å². The molecule has 2 aliphatic heterocycles. The maximum atomic E-state index is 13.7. The molecule has 0 bridgehead atoms. The van der Waals surface area contributed by atoms with Crippen LogP contribution in [0.25, 0.3) is 5.57 Å². The number of imide groups is 1. The van der Waals surface area contributed by atoms with Crippen molar-refractivity contribution in [3.63, 3.8) is 0 Å². The van der Waals surface area contributed by atoms with E-state index in [0.717, 1.165) is 37.2 Å². The standard InChI is InChI=1S/C27H32N2O4/c1-18(2)17-33-23-11-7-20(8-12-23)24-25(28-15-5-6-19(3)16-28)27(31)29(26(24)30)21-9-13-22(32-4)14-10-21/h7-14,18-19H,5-6,15-17H2,1-4H3. The van der Waals surface area contributed by atoms with Gasteiger partial charge in [0, 0.05) is 13.1 Å². The van der Waals surface area contributed by atoms with Gasteiger partial charge in [0.15, 0.2) is 0 Å². The number of carbonyl (C=O) groups excluding carboxylic acids is 2. The number of hydrogen-bond acceptors (Lipinski definition) is 5. The van der Waals surface area contributed by atoms with Crippen molar-refractivity contribution in [2.75, 3.05) is 31.7 Å². The Morgan fingerprint density at radius 2 is 1.64 bits per heavy atom. The van der Waals surface area contributed by atoms with Gasteiger partial charge in [-0.25, -0.2) is 4.90 Å². The van der Waals surface area contributed by atoms with Crippen LogP contribution in [0.4, 0.5) is 5.69 Å². The first-order valence-corrected chi connectivity index (χ1v) is 11.6. The fraction of sp³-hybridized carbons (Fsp3) is 0.407. The number of carbonyl (C=O) groups is 2. The van der Waals surface area contributed by atoms with Gasteiger partial charge in [-0.05, 0) is 66.6 Å². The summed E-state index contributed by atoms with van der Waals surface area (Å²) in [6.07, 6.45) is 2.13. The van der Waals surface area contributed by atoms with Gasteiger partial charge in [0.25, 0.3) is 11.8 Å². The molecule has 33 heavy (non-hydrogen) atoms. The van der Waals surface area contributed by atoms with E-state index in [4.69, 9.17) is 9.47 Å². The summed E-state index contributed by atoms with van der Waals surface area (Å²) < 4.78 is 11.0. The Labute approximate surface area is 195 Å². The van der Waals surface area contributed by atoms with Gasteiger partial charge in [0.1, 0.15) is 17.2 Å². The Morgan fingerprint density at radius 1 is 0.970 bits per heavy atom. The predicted molar refractivity (Wildman–Crippen MR) is 129 cm³/mol. The molecular formula is C27H32N2O4. The first-order valence-electron chi connectivity index (χ1n) is 11.6. The zero-order valence-corrected chi connectivity index (χ0v) is 19.8. The zero-order valence-electron chi connectivity index (χ0n) is 19.8. The van der Waals surface area contributed by atoms with Gasteiger partial charge in [0.05, 0.1) is 25.0 Å². The van der Waals surface area contributed by atoms with Crippen LogP contribution in [0.1, 0.15) is 39.2 Å². The lowest BCUT2D eigenvalue weighted by Crippen LogP contribution is -2.39.